The minimum absolute atomic E-state index is 0.228. The molecular formula is C12H15N3O3. The molecule has 0 atom stereocenters. The second-order valence-corrected chi connectivity index (χ2v) is 3.92. The molecule has 2 rings (SSSR count). The number of aryl methyl sites for hydroxylation is 2. The molecule has 6 nitrogen and oxygen atoms in total. The van der Waals surface area contributed by atoms with Gasteiger partial charge in [0.15, 0.2) is 0 Å². The first-order valence-electron chi connectivity index (χ1n) is 5.50. The quantitative estimate of drug-likeness (QED) is 0.835. The van der Waals surface area contributed by atoms with Crippen molar-refractivity contribution in [2.75, 3.05) is 12.4 Å². The van der Waals surface area contributed by atoms with E-state index in [1.165, 1.54) is 13.4 Å². The second-order valence-electron chi connectivity index (χ2n) is 3.92. The van der Waals surface area contributed by atoms with Crippen LogP contribution in [0.5, 0.6) is 0 Å². The molecule has 0 amide bonds. The van der Waals surface area contributed by atoms with E-state index in [9.17, 15) is 4.79 Å². The maximum Gasteiger partial charge on any atom is 0.374 e. The molecule has 0 aliphatic carbocycles. The van der Waals surface area contributed by atoms with Gasteiger partial charge in [0, 0.05) is 25.4 Å². The van der Waals surface area contributed by atoms with E-state index >= 15 is 0 Å². The van der Waals surface area contributed by atoms with E-state index in [4.69, 9.17) is 4.42 Å². The monoisotopic (exact) mass is 249 g/mol. The highest BCUT2D eigenvalue weighted by Gasteiger charge is 2.15. The zero-order chi connectivity index (χ0) is 13.1. The van der Waals surface area contributed by atoms with E-state index in [1.54, 1.807) is 10.7 Å². The third-order valence-electron chi connectivity index (χ3n) is 2.60. The van der Waals surface area contributed by atoms with Crippen LogP contribution in [0, 0.1) is 6.92 Å². The van der Waals surface area contributed by atoms with Crippen molar-refractivity contribution in [3.63, 3.8) is 0 Å². The van der Waals surface area contributed by atoms with Gasteiger partial charge in [-0.25, -0.2) is 4.79 Å². The Hall–Kier alpha value is -2.24. The third kappa shape index (κ3) is 2.37. The first-order valence-corrected chi connectivity index (χ1v) is 5.50. The number of esters is 1. The van der Waals surface area contributed by atoms with Crippen molar-refractivity contribution >= 4 is 11.7 Å². The van der Waals surface area contributed by atoms with Gasteiger partial charge in [-0.1, -0.05) is 0 Å². The Balaban J connectivity index is 2.09. The molecule has 2 aromatic rings. The molecule has 2 aromatic heterocycles. The molecular weight excluding hydrogens is 234 g/mol. The highest BCUT2D eigenvalue weighted by atomic mass is 16.5. The summed E-state index contributed by atoms with van der Waals surface area (Å²) in [6.07, 6.45) is 3.35. The molecule has 18 heavy (non-hydrogen) atoms. The summed E-state index contributed by atoms with van der Waals surface area (Å²) in [5.41, 5.74) is 2.58. The molecule has 0 aliphatic heterocycles. The van der Waals surface area contributed by atoms with Crippen molar-refractivity contribution in [2.45, 2.75) is 13.5 Å². The summed E-state index contributed by atoms with van der Waals surface area (Å²) in [5, 5.41) is 7.43. The summed E-state index contributed by atoms with van der Waals surface area (Å²) < 4.78 is 11.5. The van der Waals surface area contributed by atoms with E-state index in [0.717, 1.165) is 16.9 Å². The van der Waals surface area contributed by atoms with Crippen LogP contribution in [0.3, 0.4) is 0 Å². The lowest BCUT2D eigenvalue weighted by Crippen LogP contribution is -2.06. The Kier molecular flexibility index (Phi) is 3.36. The third-order valence-corrected chi connectivity index (χ3v) is 2.60. The Morgan fingerprint density at radius 2 is 2.39 bits per heavy atom. The standard InChI is InChI=1S/C12H15N3O3/c1-8-10(7-15(2)14-8)13-6-9-4-5-18-11(9)12(16)17-3/h4-5,7,13H,6H2,1-3H3. The molecule has 1 N–H and O–H groups in total. The first-order chi connectivity index (χ1) is 8.61. The number of carbonyl (C=O) groups excluding carboxylic acids is 1. The normalized spacial score (nSPS) is 10.4. The molecule has 0 spiro atoms. The number of nitrogens with zero attached hydrogens (tertiary/aromatic N) is 2. The lowest BCUT2D eigenvalue weighted by molar-refractivity contribution is 0.0563. The van der Waals surface area contributed by atoms with Crippen molar-refractivity contribution in [1.29, 1.82) is 0 Å². The Morgan fingerprint density at radius 1 is 1.61 bits per heavy atom. The lowest BCUT2D eigenvalue weighted by Gasteiger charge is -2.04. The predicted octanol–water partition coefficient (Wildman–Crippen LogP) is 1.72. The number of ether oxygens (including phenoxy) is 1. The number of methoxy groups -OCH3 is 1. The van der Waals surface area contributed by atoms with Gasteiger partial charge in [-0.2, -0.15) is 5.10 Å². The van der Waals surface area contributed by atoms with Gasteiger partial charge in [-0.15, -0.1) is 0 Å². The smallest absolute Gasteiger partial charge is 0.374 e. The largest absolute Gasteiger partial charge is 0.463 e. The fourth-order valence-electron chi connectivity index (χ4n) is 1.71. The topological polar surface area (TPSA) is 69.3 Å². The van der Waals surface area contributed by atoms with Crippen LogP contribution in [0.2, 0.25) is 0 Å². The summed E-state index contributed by atoms with van der Waals surface area (Å²) in [6, 6.07) is 1.74. The maximum absolute atomic E-state index is 11.4. The van der Waals surface area contributed by atoms with E-state index < -0.39 is 5.97 Å². The van der Waals surface area contributed by atoms with Gasteiger partial charge >= 0.3 is 5.97 Å². The molecule has 0 fully saturated rings. The SMILES string of the molecule is COC(=O)c1occc1CNc1cn(C)nc1C. The number of aromatic nitrogens is 2. The van der Waals surface area contributed by atoms with Crippen LogP contribution in [0.25, 0.3) is 0 Å². The number of furan rings is 1. The highest BCUT2D eigenvalue weighted by molar-refractivity contribution is 5.87. The predicted molar refractivity (Wildman–Crippen MR) is 65.3 cm³/mol. The zero-order valence-electron chi connectivity index (χ0n) is 10.6. The van der Waals surface area contributed by atoms with Crippen molar-refractivity contribution in [3.8, 4) is 0 Å². The number of carbonyl (C=O) groups is 1. The summed E-state index contributed by atoms with van der Waals surface area (Å²) >= 11 is 0. The highest BCUT2D eigenvalue weighted by Crippen LogP contribution is 2.16. The fourth-order valence-corrected chi connectivity index (χ4v) is 1.71. The number of rotatable bonds is 4. The second kappa shape index (κ2) is 4.95. The van der Waals surface area contributed by atoms with Crippen molar-refractivity contribution in [2.24, 2.45) is 7.05 Å². The molecule has 96 valence electrons. The molecule has 0 radical (unpaired) electrons. The fraction of sp³-hybridized carbons (Fsp3) is 0.333. The van der Waals surface area contributed by atoms with Crippen molar-refractivity contribution in [1.82, 2.24) is 9.78 Å². The Bertz CT molecular complexity index is 557. The van der Waals surface area contributed by atoms with Crippen LogP contribution >= 0.6 is 0 Å². The molecule has 2 heterocycles. The average molecular weight is 249 g/mol. The number of anilines is 1. The molecule has 6 heteroatoms. The Morgan fingerprint density at radius 3 is 3.00 bits per heavy atom. The van der Waals surface area contributed by atoms with Gasteiger partial charge < -0.3 is 14.5 Å². The lowest BCUT2D eigenvalue weighted by atomic mass is 10.2. The molecule has 0 aromatic carbocycles. The number of hydrogen-bond acceptors (Lipinski definition) is 5. The zero-order valence-corrected chi connectivity index (χ0v) is 10.6. The van der Waals surface area contributed by atoms with E-state index in [1.807, 2.05) is 20.2 Å². The van der Waals surface area contributed by atoms with Crippen molar-refractivity contribution in [3.05, 3.63) is 35.5 Å². The van der Waals surface area contributed by atoms with Gasteiger partial charge in [-0.3, -0.25) is 4.68 Å². The Labute approximate surface area is 105 Å². The maximum atomic E-state index is 11.4. The summed E-state index contributed by atoms with van der Waals surface area (Å²) in [7, 11) is 3.18. The van der Waals surface area contributed by atoms with Gasteiger partial charge in [0.2, 0.25) is 5.76 Å². The van der Waals surface area contributed by atoms with Gasteiger partial charge in [0.05, 0.1) is 24.8 Å². The van der Waals surface area contributed by atoms with E-state index in [2.05, 4.69) is 15.2 Å². The summed E-state index contributed by atoms with van der Waals surface area (Å²) in [6.45, 7) is 2.40. The number of hydrogen-bond donors (Lipinski definition) is 1. The molecule has 0 aliphatic rings. The van der Waals surface area contributed by atoms with Crippen molar-refractivity contribution < 1.29 is 13.9 Å². The average Bonchev–Trinajstić information content (AvgIpc) is 2.92. The van der Waals surface area contributed by atoms with E-state index in [-0.39, 0.29) is 5.76 Å². The van der Waals surface area contributed by atoms with E-state index in [0.29, 0.717) is 6.54 Å². The van der Waals surface area contributed by atoms with Crippen LogP contribution in [0.4, 0.5) is 5.69 Å². The molecule has 0 unspecified atom stereocenters. The minimum atomic E-state index is -0.472. The van der Waals surface area contributed by atoms with Crippen LogP contribution in [-0.4, -0.2) is 22.9 Å². The minimum Gasteiger partial charge on any atom is -0.463 e. The summed E-state index contributed by atoms with van der Waals surface area (Å²) in [4.78, 5) is 11.4. The van der Waals surface area contributed by atoms with Crippen LogP contribution in [0.1, 0.15) is 21.8 Å². The number of nitrogens with one attached hydrogen (secondary N) is 1. The molecule has 0 saturated carbocycles. The first kappa shape index (κ1) is 12.2. The molecule has 0 bridgehead atoms. The summed E-state index contributed by atoms with van der Waals surface area (Å²) in [5.74, 6) is -0.244. The van der Waals surface area contributed by atoms with Crippen LogP contribution in [-0.2, 0) is 18.3 Å². The van der Waals surface area contributed by atoms with Crippen LogP contribution < -0.4 is 5.32 Å². The van der Waals surface area contributed by atoms with Crippen LogP contribution in [0.15, 0.2) is 22.9 Å². The van der Waals surface area contributed by atoms with Gasteiger partial charge in [0.25, 0.3) is 0 Å². The molecule has 0 saturated heterocycles. The van der Waals surface area contributed by atoms with Gasteiger partial charge in [-0.05, 0) is 13.0 Å². The van der Waals surface area contributed by atoms with Gasteiger partial charge in [0.1, 0.15) is 0 Å².